The van der Waals surface area contributed by atoms with Crippen LogP contribution in [0.25, 0.3) is 0 Å². The molecule has 0 saturated heterocycles. The van der Waals surface area contributed by atoms with E-state index >= 15 is 0 Å². The average molecular weight is 383 g/mol. The number of halogens is 1. The molecular formula is C15H15ClN4O4S. The Labute approximate surface area is 149 Å². The molecule has 0 aromatic heterocycles. The summed E-state index contributed by atoms with van der Waals surface area (Å²) >= 11 is 5.96. The number of benzene rings is 2. The van der Waals surface area contributed by atoms with Gasteiger partial charge >= 0.3 is 0 Å². The minimum absolute atomic E-state index is 0.0126. The number of nitrogens with zero attached hydrogens (tertiary/aromatic N) is 3. The average Bonchev–Trinajstić information content (AvgIpc) is 2.57. The van der Waals surface area contributed by atoms with Crippen LogP contribution in [0.5, 0.6) is 0 Å². The number of non-ortho nitro benzene ring substituents is 1. The third kappa shape index (κ3) is 4.74. The number of para-hydroxylation sites is 1. The van der Waals surface area contributed by atoms with Gasteiger partial charge in [0, 0.05) is 12.1 Å². The first-order valence-corrected chi connectivity index (χ1v) is 9.14. The Balaban J connectivity index is 2.51. The molecule has 0 aliphatic carbocycles. The van der Waals surface area contributed by atoms with Gasteiger partial charge in [-0.15, -0.1) is 0 Å². The molecule has 10 heteroatoms. The van der Waals surface area contributed by atoms with Crippen molar-refractivity contribution in [3.8, 4) is 0 Å². The zero-order chi connectivity index (χ0) is 18.4. The SMILES string of the molecule is CCCN=Nc1ccc([N+](=O)[O-])cc1S(=O)(=O)Nc1ccccc1Cl. The summed E-state index contributed by atoms with van der Waals surface area (Å²) in [5, 5.41) is 18.9. The van der Waals surface area contributed by atoms with Gasteiger partial charge in [-0.25, -0.2) is 8.42 Å². The Bertz CT molecular complexity index is 915. The number of nitro groups is 1. The maximum Gasteiger partial charge on any atom is 0.270 e. The van der Waals surface area contributed by atoms with E-state index in [1.165, 1.54) is 24.3 Å². The highest BCUT2D eigenvalue weighted by Crippen LogP contribution is 2.32. The van der Waals surface area contributed by atoms with E-state index in [0.717, 1.165) is 12.5 Å². The Morgan fingerprint density at radius 2 is 1.96 bits per heavy atom. The van der Waals surface area contributed by atoms with Crippen LogP contribution in [-0.2, 0) is 10.0 Å². The summed E-state index contributed by atoms with van der Waals surface area (Å²) in [6, 6.07) is 9.63. The molecule has 0 amide bonds. The van der Waals surface area contributed by atoms with Crippen molar-refractivity contribution in [3.05, 3.63) is 57.6 Å². The Kier molecular flexibility index (Phi) is 6.05. The minimum atomic E-state index is -4.15. The number of azo groups is 1. The Morgan fingerprint density at radius 1 is 1.24 bits per heavy atom. The molecular weight excluding hydrogens is 368 g/mol. The second-order valence-corrected chi connectivity index (χ2v) is 7.02. The van der Waals surface area contributed by atoms with Crippen molar-refractivity contribution >= 4 is 38.7 Å². The van der Waals surface area contributed by atoms with Gasteiger partial charge in [-0.1, -0.05) is 30.7 Å². The van der Waals surface area contributed by atoms with Crippen LogP contribution < -0.4 is 4.72 Å². The largest absolute Gasteiger partial charge is 0.278 e. The number of nitrogens with one attached hydrogen (secondary N) is 1. The van der Waals surface area contributed by atoms with Crippen molar-refractivity contribution < 1.29 is 13.3 Å². The number of hydrogen-bond donors (Lipinski definition) is 1. The van der Waals surface area contributed by atoms with Crippen molar-refractivity contribution in [2.45, 2.75) is 18.2 Å². The standard InChI is InChI=1S/C15H15ClN4O4S/c1-2-9-17-18-14-8-7-11(20(21)22)10-15(14)25(23,24)19-13-6-4-3-5-12(13)16/h3-8,10,19H,2,9H2,1H3. The second kappa shape index (κ2) is 8.04. The summed E-state index contributed by atoms with van der Waals surface area (Å²) in [7, 11) is -4.15. The first kappa shape index (κ1) is 18.8. The van der Waals surface area contributed by atoms with E-state index in [-0.39, 0.29) is 27.0 Å². The highest BCUT2D eigenvalue weighted by Gasteiger charge is 2.23. The first-order valence-electron chi connectivity index (χ1n) is 7.28. The van der Waals surface area contributed by atoms with Crippen LogP contribution >= 0.6 is 11.6 Å². The number of nitro benzene ring substituents is 1. The van der Waals surface area contributed by atoms with Crippen molar-refractivity contribution in [1.82, 2.24) is 0 Å². The Morgan fingerprint density at radius 3 is 2.60 bits per heavy atom. The lowest BCUT2D eigenvalue weighted by Crippen LogP contribution is -2.13. The fourth-order valence-electron chi connectivity index (χ4n) is 1.88. The molecule has 0 aliphatic heterocycles. The fraction of sp³-hybridized carbons (Fsp3) is 0.200. The summed E-state index contributed by atoms with van der Waals surface area (Å²) in [6.07, 6.45) is 0.733. The van der Waals surface area contributed by atoms with E-state index in [2.05, 4.69) is 15.0 Å². The number of sulfonamides is 1. The number of hydrogen-bond acceptors (Lipinski definition) is 6. The molecule has 2 aromatic rings. The first-order chi connectivity index (χ1) is 11.8. The lowest BCUT2D eigenvalue weighted by molar-refractivity contribution is -0.385. The molecule has 1 N–H and O–H groups in total. The van der Waals surface area contributed by atoms with Gasteiger partial charge in [0.25, 0.3) is 15.7 Å². The highest BCUT2D eigenvalue weighted by atomic mass is 35.5. The molecule has 0 bridgehead atoms. The van der Waals surface area contributed by atoms with E-state index in [1.807, 2.05) is 6.92 Å². The third-order valence-electron chi connectivity index (χ3n) is 3.06. The van der Waals surface area contributed by atoms with Gasteiger partial charge in [0.05, 0.1) is 22.2 Å². The number of rotatable bonds is 7. The maximum atomic E-state index is 12.7. The topological polar surface area (TPSA) is 114 Å². The minimum Gasteiger partial charge on any atom is -0.278 e. The monoisotopic (exact) mass is 382 g/mol. The maximum absolute atomic E-state index is 12.7. The zero-order valence-corrected chi connectivity index (χ0v) is 14.8. The van der Waals surface area contributed by atoms with Crippen LogP contribution in [0.15, 0.2) is 57.6 Å². The van der Waals surface area contributed by atoms with Crippen molar-refractivity contribution in [2.75, 3.05) is 11.3 Å². The molecule has 0 radical (unpaired) electrons. The molecule has 0 heterocycles. The van der Waals surface area contributed by atoms with Crippen molar-refractivity contribution in [1.29, 1.82) is 0 Å². The predicted molar refractivity (Wildman–Crippen MR) is 95.0 cm³/mol. The smallest absolute Gasteiger partial charge is 0.270 e. The molecule has 0 atom stereocenters. The molecule has 8 nitrogen and oxygen atoms in total. The summed E-state index contributed by atoms with van der Waals surface area (Å²) in [5.41, 5.74) is -0.195. The molecule has 132 valence electrons. The summed E-state index contributed by atoms with van der Waals surface area (Å²) in [5.74, 6) is 0. The van der Waals surface area contributed by atoms with Gasteiger partial charge < -0.3 is 0 Å². The third-order valence-corrected chi connectivity index (χ3v) is 4.79. The normalized spacial score (nSPS) is 11.6. The predicted octanol–water partition coefficient (Wildman–Crippen LogP) is 4.54. The van der Waals surface area contributed by atoms with Crippen LogP contribution in [-0.4, -0.2) is 19.9 Å². The lowest BCUT2D eigenvalue weighted by atomic mass is 10.3. The van der Waals surface area contributed by atoms with Crippen LogP contribution in [0.3, 0.4) is 0 Å². The van der Waals surface area contributed by atoms with Gasteiger partial charge in [0.15, 0.2) is 0 Å². The van der Waals surface area contributed by atoms with E-state index in [0.29, 0.717) is 6.54 Å². The zero-order valence-electron chi connectivity index (χ0n) is 13.2. The van der Waals surface area contributed by atoms with Gasteiger partial charge in [-0.05, 0) is 24.6 Å². The molecule has 2 rings (SSSR count). The highest BCUT2D eigenvalue weighted by molar-refractivity contribution is 7.92. The van der Waals surface area contributed by atoms with Gasteiger partial charge in [0.1, 0.15) is 10.6 Å². The quantitative estimate of drug-likeness (QED) is 0.430. The van der Waals surface area contributed by atoms with Gasteiger partial charge in [-0.3, -0.25) is 14.8 Å². The van der Waals surface area contributed by atoms with E-state index in [1.54, 1.807) is 12.1 Å². The Hall–Kier alpha value is -2.52. The second-order valence-electron chi connectivity index (χ2n) is 4.96. The van der Waals surface area contributed by atoms with Gasteiger partial charge in [0.2, 0.25) is 0 Å². The molecule has 0 fully saturated rings. The van der Waals surface area contributed by atoms with Crippen LogP contribution in [0.1, 0.15) is 13.3 Å². The van der Waals surface area contributed by atoms with Crippen LogP contribution in [0.2, 0.25) is 5.02 Å². The fourth-order valence-corrected chi connectivity index (χ4v) is 3.36. The molecule has 0 aliphatic rings. The van der Waals surface area contributed by atoms with E-state index in [4.69, 9.17) is 11.6 Å². The molecule has 2 aromatic carbocycles. The van der Waals surface area contributed by atoms with Crippen molar-refractivity contribution in [2.24, 2.45) is 10.2 Å². The molecule has 0 spiro atoms. The molecule has 25 heavy (non-hydrogen) atoms. The summed E-state index contributed by atoms with van der Waals surface area (Å²) < 4.78 is 27.7. The van der Waals surface area contributed by atoms with E-state index < -0.39 is 14.9 Å². The number of anilines is 1. The van der Waals surface area contributed by atoms with Crippen LogP contribution in [0, 0.1) is 10.1 Å². The van der Waals surface area contributed by atoms with Crippen LogP contribution in [0.4, 0.5) is 17.1 Å². The van der Waals surface area contributed by atoms with E-state index in [9.17, 15) is 18.5 Å². The van der Waals surface area contributed by atoms with Crippen molar-refractivity contribution in [3.63, 3.8) is 0 Å². The lowest BCUT2D eigenvalue weighted by Gasteiger charge is -2.11. The summed E-state index contributed by atoms with van der Waals surface area (Å²) in [6.45, 7) is 2.31. The molecule has 0 unspecified atom stereocenters. The van der Waals surface area contributed by atoms with Gasteiger partial charge in [-0.2, -0.15) is 10.2 Å². The summed E-state index contributed by atoms with van der Waals surface area (Å²) in [4.78, 5) is 9.95. The molecule has 0 saturated carbocycles.